The van der Waals surface area contributed by atoms with Gasteiger partial charge in [-0.3, -0.25) is 14.3 Å². The molecule has 0 spiro atoms. The molecule has 1 aromatic carbocycles. The lowest BCUT2D eigenvalue weighted by Crippen LogP contribution is -2.35. The van der Waals surface area contributed by atoms with E-state index in [0.717, 1.165) is 5.56 Å². The molecule has 3 heterocycles. The van der Waals surface area contributed by atoms with E-state index in [1.807, 2.05) is 13.1 Å². The van der Waals surface area contributed by atoms with Crippen LogP contribution in [0, 0.1) is 5.92 Å². The SMILES string of the molecule is CCn1cc([C@@H]2OCC[C@H]2C(=O)ON2C(=O)c3ccccc3C2=O)cn1. The summed E-state index contributed by atoms with van der Waals surface area (Å²) in [5, 5.41) is 4.73. The van der Waals surface area contributed by atoms with Crippen molar-refractivity contribution >= 4 is 17.8 Å². The number of aromatic nitrogens is 2. The number of hydrogen-bond acceptors (Lipinski definition) is 6. The summed E-state index contributed by atoms with van der Waals surface area (Å²) in [7, 11) is 0. The summed E-state index contributed by atoms with van der Waals surface area (Å²) in [5.74, 6) is -2.53. The van der Waals surface area contributed by atoms with Gasteiger partial charge in [-0.05, 0) is 25.5 Å². The van der Waals surface area contributed by atoms with Gasteiger partial charge in [0.25, 0.3) is 11.8 Å². The van der Waals surface area contributed by atoms with Gasteiger partial charge in [-0.1, -0.05) is 17.2 Å². The highest BCUT2D eigenvalue weighted by atomic mass is 16.7. The Bertz CT molecular complexity index is 855. The number of carbonyl (C=O) groups excluding carboxylic acids is 3. The lowest BCUT2D eigenvalue weighted by molar-refractivity contribution is -0.175. The van der Waals surface area contributed by atoms with Crippen molar-refractivity contribution in [1.82, 2.24) is 14.8 Å². The monoisotopic (exact) mass is 355 g/mol. The highest BCUT2D eigenvalue weighted by molar-refractivity contribution is 6.20. The minimum atomic E-state index is -0.661. The lowest BCUT2D eigenvalue weighted by atomic mass is 9.98. The first-order chi connectivity index (χ1) is 12.6. The standard InChI is InChI=1S/C18H17N3O5/c1-2-20-10-11(9-19-20)15-14(7-8-25-15)18(24)26-21-16(22)12-5-3-4-6-13(12)17(21)23/h3-6,9-10,14-15H,2,7-8H2,1H3/t14-,15+/m1/s1. The number of imide groups is 1. The molecule has 0 aliphatic carbocycles. The zero-order chi connectivity index (χ0) is 18.3. The van der Waals surface area contributed by atoms with E-state index in [0.29, 0.717) is 24.6 Å². The second-order valence-corrected chi connectivity index (χ2v) is 6.18. The fraction of sp³-hybridized carbons (Fsp3) is 0.333. The van der Waals surface area contributed by atoms with E-state index in [4.69, 9.17) is 9.57 Å². The Morgan fingerprint density at radius 2 is 1.96 bits per heavy atom. The van der Waals surface area contributed by atoms with Gasteiger partial charge in [0.05, 0.1) is 29.3 Å². The molecule has 4 rings (SSSR count). The first-order valence-electron chi connectivity index (χ1n) is 8.43. The Balaban J connectivity index is 1.51. The fourth-order valence-corrected chi connectivity index (χ4v) is 3.27. The van der Waals surface area contributed by atoms with Gasteiger partial charge in [0.15, 0.2) is 0 Å². The molecular formula is C18H17N3O5. The second kappa shape index (κ2) is 6.38. The number of fused-ring (bicyclic) bond motifs is 1. The van der Waals surface area contributed by atoms with Crippen molar-refractivity contribution in [1.29, 1.82) is 0 Å². The molecule has 1 saturated heterocycles. The molecule has 0 saturated carbocycles. The Morgan fingerprint density at radius 1 is 1.27 bits per heavy atom. The van der Waals surface area contributed by atoms with E-state index in [-0.39, 0.29) is 11.1 Å². The van der Waals surface area contributed by atoms with Crippen LogP contribution in [-0.2, 0) is 20.9 Å². The van der Waals surface area contributed by atoms with Gasteiger partial charge in [0.2, 0.25) is 0 Å². The number of hydrogen-bond donors (Lipinski definition) is 0. The molecule has 2 aromatic rings. The largest absolute Gasteiger partial charge is 0.372 e. The van der Waals surface area contributed by atoms with Gasteiger partial charge in [0, 0.05) is 24.9 Å². The van der Waals surface area contributed by atoms with Gasteiger partial charge >= 0.3 is 5.97 Å². The molecule has 8 heteroatoms. The molecule has 1 fully saturated rings. The number of rotatable bonds is 4. The Labute approximate surface area is 149 Å². The van der Waals surface area contributed by atoms with Gasteiger partial charge < -0.3 is 9.57 Å². The Hall–Kier alpha value is -3.00. The fourth-order valence-electron chi connectivity index (χ4n) is 3.27. The molecule has 0 N–H and O–H groups in total. The van der Waals surface area contributed by atoms with Crippen LogP contribution in [0.25, 0.3) is 0 Å². The van der Waals surface area contributed by atoms with E-state index in [2.05, 4.69) is 5.10 Å². The van der Waals surface area contributed by atoms with Crippen molar-refractivity contribution < 1.29 is 24.0 Å². The minimum absolute atomic E-state index is 0.230. The molecule has 2 amide bonds. The molecule has 8 nitrogen and oxygen atoms in total. The summed E-state index contributed by atoms with van der Waals surface area (Å²) in [6.45, 7) is 3.06. The van der Waals surface area contributed by atoms with Crippen molar-refractivity contribution in [2.45, 2.75) is 26.0 Å². The maximum absolute atomic E-state index is 12.6. The van der Waals surface area contributed by atoms with Crippen LogP contribution in [0.5, 0.6) is 0 Å². The third kappa shape index (κ3) is 2.59. The van der Waals surface area contributed by atoms with Crippen molar-refractivity contribution in [3.63, 3.8) is 0 Å². The molecule has 134 valence electrons. The lowest BCUT2D eigenvalue weighted by Gasteiger charge is -2.19. The van der Waals surface area contributed by atoms with Crippen LogP contribution in [0.15, 0.2) is 36.7 Å². The van der Waals surface area contributed by atoms with Crippen LogP contribution < -0.4 is 0 Å². The summed E-state index contributed by atoms with van der Waals surface area (Å²) < 4.78 is 7.41. The van der Waals surface area contributed by atoms with Crippen molar-refractivity contribution in [3.8, 4) is 0 Å². The first kappa shape index (κ1) is 16.5. The molecule has 1 aromatic heterocycles. The van der Waals surface area contributed by atoms with E-state index < -0.39 is 29.8 Å². The molecule has 0 unspecified atom stereocenters. The van der Waals surface area contributed by atoms with Crippen LogP contribution in [0.1, 0.15) is 45.7 Å². The summed E-state index contributed by atoms with van der Waals surface area (Å²) in [5.41, 5.74) is 1.23. The molecular weight excluding hydrogens is 338 g/mol. The number of benzene rings is 1. The van der Waals surface area contributed by atoms with Crippen LogP contribution >= 0.6 is 0 Å². The van der Waals surface area contributed by atoms with Crippen molar-refractivity contribution in [2.75, 3.05) is 6.61 Å². The van der Waals surface area contributed by atoms with Crippen molar-refractivity contribution in [2.24, 2.45) is 5.92 Å². The van der Waals surface area contributed by atoms with E-state index >= 15 is 0 Å². The third-order valence-corrected chi connectivity index (χ3v) is 4.64. The third-order valence-electron chi connectivity index (χ3n) is 4.64. The zero-order valence-corrected chi connectivity index (χ0v) is 14.1. The molecule has 26 heavy (non-hydrogen) atoms. The minimum Gasteiger partial charge on any atom is -0.372 e. The van der Waals surface area contributed by atoms with Gasteiger partial charge in [0.1, 0.15) is 0 Å². The average molecular weight is 355 g/mol. The highest BCUT2D eigenvalue weighted by Crippen LogP contribution is 2.36. The normalized spacial score (nSPS) is 22.0. The van der Waals surface area contributed by atoms with Crippen LogP contribution in [0.3, 0.4) is 0 Å². The topological polar surface area (TPSA) is 90.7 Å². The van der Waals surface area contributed by atoms with Crippen LogP contribution in [0.2, 0.25) is 0 Å². The molecule has 0 bridgehead atoms. The number of amides is 2. The quantitative estimate of drug-likeness (QED) is 0.776. The van der Waals surface area contributed by atoms with E-state index in [1.165, 1.54) is 12.1 Å². The number of nitrogens with zero attached hydrogens (tertiary/aromatic N) is 3. The molecule has 2 aliphatic rings. The van der Waals surface area contributed by atoms with E-state index in [9.17, 15) is 14.4 Å². The van der Waals surface area contributed by atoms with Crippen molar-refractivity contribution in [3.05, 3.63) is 53.3 Å². The first-order valence-corrected chi connectivity index (χ1v) is 8.43. The average Bonchev–Trinajstić information content (AvgIpc) is 3.37. The van der Waals surface area contributed by atoms with E-state index in [1.54, 1.807) is 23.0 Å². The predicted molar refractivity (Wildman–Crippen MR) is 87.7 cm³/mol. The number of carbonyl (C=O) groups is 3. The maximum Gasteiger partial charge on any atom is 0.339 e. The zero-order valence-electron chi connectivity index (χ0n) is 14.1. The van der Waals surface area contributed by atoms with Gasteiger partial charge in [-0.25, -0.2) is 4.79 Å². The number of aryl methyl sites for hydroxylation is 1. The summed E-state index contributed by atoms with van der Waals surface area (Å²) in [6, 6.07) is 6.37. The summed E-state index contributed by atoms with van der Waals surface area (Å²) >= 11 is 0. The molecule has 2 aliphatic heterocycles. The van der Waals surface area contributed by atoms with Gasteiger partial charge in [-0.15, -0.1) is 0 Å². The maximum atomic E-state index is 12.6. The summed E-state index contributed by atoms with van der Waals surface area (Å²) in [4.78, 5) is 42.5. The molecule has 2 atom stereocenters. The predicted octanol–water partition coefficient (Wildman–Crippen LogP) is 1.74. The number of hydroxylamine groups is 2. The highest BCUT2D eigenvalue weighted by Gasteiger charge is 2.43. The Morgan fingerprint density at radius 3 is 2.58 bits per heavy atom. The molecule has 0 radical (unpaired) electrons. The van der Waals surface area contributed by atoms with Crippen LogP contribution in [-0.4, -0.2) is 39.2 Å². The summed E-state index contributed by atoms with van der Waals surface area (Å²) in [6.07, 6.45) is 3.42. The Kier molecular flexibility index (Phi) is 4.04. The van der Waals surface area contributed by atoms with Gasteiger partial charge in [-0.2, -0.15) is 5.10 Å². The van der Waals surface area contributed by atoms with Crippen LogP contribution in [0.4, 0.5) is 0 Å². The smallest absolute Gasteiger partial charge is 0.339 e. The number of ether oxygens (including phenoxy) is 1. The second-order valence-electron chi connectivity index (χ2n) is 6.18.